The van der Waals surface area contributed by atoms with Crippen LogP contribution in [0.4, 0.5) is 0 Å². The van der Waals surface area contributed by atoms with Gasteiger partial charge in [0.15, 0.2) is 11.9 Å². The Balaban J connectivity index is 1.46. The first-order valence-electron chi connectivity index (χ1n) is 13.6. The molecule has 0 bridgehead atoms. The maximum atomic E-state index is 14.3. The highest BCUT2D eigenvalue weighted by molar-refractivity contribution is 6.01. The molecule has 1 N–H and O–H groups in total. The van der Waals surface area contributed by atoms with Crippen LogP contribution in [-0.4, -0.2) is 37.1 Å². The van der Waals surface area contributed by atoms with E-state index in [-0.39, 0.29) is 17.9 Å². The summed E-state index contributed by atoms with van der Waals surface area (Å²) in [5, 5.41) is 7.94. The van der Waals surface area contributed by atoms with Crippen molar-refractivity contribution in [3.05, 3.63) is 102 Å². The Morgan fingerprint density at radius 3 is 2.42 bits per heavy atom. The number of para-hydroxylation sites is 1. The lowest BCUT2D eigenvalue weighted by Gasteiger charge is -2.31. The van der Waals surface area contributed by atoms with Crippen LogP contribution in [0.5, 0.6) is 0 Å². The van der Waals surface area contributed by atoms with Gasteiger partial charge in [0, 0.05) is 18.8 Å². The third-order valence-corrected chi connectivity index (χ3v) is 7.76. The van der Waals surface area contributed by atoms with Crippen LogP contribution in [0.3, 0.4) is 0 Å². The summed E-state index contributed by atoms with van der Waals surface area (Å²) >= 11 is 0. The summed E-state index contributed by atoms with van der Waals surface area (Å²) in [4.78, 5) is 30.1. The number of hydrogen-bond acceptors (Lipinski definition) is 3. The molecule has 0 radical (unpaired) electrons. The first-order chi connectivity index (χ1) is 18.6. The molecule has 194 valence electrons. The molecule has 1 aliphatic carbocycles. The molecule has 4 aromatic rings. The van der Waals surface area contributed by atoms with Gasteiger partial charge >= 0.3 is 0 Å². The van der Waals surface area contributed by atoms with Gasteiger partial charge < -0.3 is 14.8 Å². The van der Waals surface area contributed by atoms with Crippen molar-refractivity contribution in [2.45, 2.75) is 64.1 Å². The molecule has 2 aliphatic rings. The van der Waals surface area contributed by atoms with Crippen molar-refractivity contribution in [3.8, 4) is 11.5 Å². The van der Waals surface area contributed by atoms with Gasteiger partial charge in [-0.2, -0.15) is 5.10 Å². The average molecular weight is 508 g/mol. The quantitative estimate of drug-likeness (QED) is 0.362. The lowest BCUT2D eigenvalue weighted by atomic mass is 10.1. The zero-order valence-electron chi connectivity index (χ0n) is 21.7. The standard InChI is InChI=1S/C31H33N5O2/c1-22-15-17-23(18-16-22)21-35-28(29(37)33-24-10-5-2-3-6-11-24)27-14-9-19-34(27)30-26(31(35)38)20-32-36(30)25-12-7-4-8-13-25/h4,7-9,12-20,24,28H,2-3,5-6,10-11,21H2,1H3,(H,33,37)/t28-/m1/s1. The minimum absolute atomic E-state index is 0.123. The SMILES string of the molecule is Cc1ccc(CN2C(=O)c3cnn(-c4ccccc4)c3-n3cccc3[C@@H]2C(=O)NC2CCCCCC2)cc1. The summed E-state index contributed by atoms with van der Waals surface area (Å²) < 4.78 is 3.74. The zero-order chi connectivity index (χ0) is 26.1. The number of rotatable bonds is 5. The minimum Gasteiger partial charge on any atom is -0.351 e. The monoisotopic (exact) mass is 507 g/mol. The second kappa shape index (κ2) is 10.3. The molecule has 2 amide bonds. The van der Waals surface area contributed by atoms with E-state index in [1.165, 1.54) is 12.8 Å². The molecule has 3 heterocycles. The Bertz CT molecular complexity index is 1430. The molecular weight excluding hydrogens is 474 g/mol. The normalized spacial score (nSPS) is 17.9. The zero-order valence-corrected chi connectivity index (χ0v) is 21.7. The fraction of sp³-hybridized carbons (Fsp3) is 0.323. The van der Waals surface area contributed by atoms with Gasteiger partial charge in [0.2, 0.25) is 5.91 Å². The summed E-state index contributed by atoms with van der Waals surface area (Å²) in [5.41, 5.74) is 4.22. The highest BCUT2D eigenvalue weighted by atomic mass is 16.2. The van der Waals surface area contributed by atoms with Crippen LogP contribution in [0.1, 0.15) is 71.7 Å². The molecule has 7 nitrogen and oxygen atoms in total. The third-order valence-electron chi connectivity index (χ3n) is 7.76. The van der Waals surface area contributed by atoms with Crippen molar-refractivity contribution in [3.63, 3.8) is 0 Å². The van der Waals surface area contributed by atoms with E-state index in [1.54, 1.807) is 15.8 Å². The second-order valence-corrected chi connectivity index (χ2v) is 10.5. The largest absolute Gasteiger partial charge is 0.351 e. The van der Waals surface area contributed by atoms with Crippen LogP contribution in [-0.2, 0) is 11.3 Å². The number of amides is 2. The summed E-state index contributed by atoms with van der Waals surface area (Å²) in [6.07, 6.45) is 10.2. The van der Waals surface area contributed by atoms with Crippen molar-refractivity contribution in [1.82, 2.24) is 24.6 Å². The molecule has 6 rings (SSSR count). The van der Waals surface area contributed by atoms with Gasteiger partial charge in [-0.25, -0.2) is 4.68 Å². The average Bonchev–Trinajstić information content (AvgIpc) is 3.48. The maximum absolute atomic E-state index is 14.3. The van der Waals surface area contributed by atoms with E-state index in [1.807, 2.05) is 84.4 Å². The lowest BCUT2D eigenvalue weighted by Crippen LogP contribution is -2.46. The van der Waals surface area contributed by atoms with Crippen LogP contribution in [0.2, 0.25) is 0 Å². The first kappa shape index (κ1) is 24.2. The van der Waals surface area contributed by atoms with E-state index in [4.69, 9.17) is 0 Å². The number of nitrogens with zero attached hydrogens (tertiary/aromatic N) is 4. The van der Waals surface area contributed by atoms with Crippen molar-refractivity contribution in [2.24, 2.45) is 0 Å². The van der Waals surface area contributed by atoms with E-state index in [2.05, 4.69) is 10.4 Å². The fourth-order valence-corrected chi connectivity index (χ4v) is 5.76. The number of carbonyl (C=O) groups excluding carboxylic acids is 2. The summed E-state index contributed by atoms with van der Waals surface area (Å²) in [6.45, 7) is 2.37. The molecule has 1 fully saturated rings. The lowest BCUT2D eigenvalue weighted by molar-refractivity contribution is -0.127. The van der Waals surface area contributed by atoms with Crippen molar-refractivity contribution in [1.29, 1.82) is 0 Å². The first-order valence-corrected chi connectivity index (χ1v) is 13.6. The van der Waals surface area contributed by atoms with Crippen molar-refractivity contribution in [2.75, 3.05) is 0 Å². The van der Waals surface area contributed by atoms with E-state index in [0.29, 0.717) is 17.9 Å². The third kappa shape index (κ3) is 4.53. The van der Waals surface area contributed by atoms with Gasteiger partial charge in [-0.1, -0.05) is 73.7 Å². The van der Waals surface area contributed by atoms with Crippen LogP contribution < -0.4 is 5.32 Å². The van der Waals surface area contributed by atoms with Crippen LogP contribution >= 0.6 is 0 Å². The Kier molecular flexibility index (Phi) is 6.58. The van der Waals surface area contributed by atoms with Gasteiger partial charge in [-0.3, -0.25) is 9.59 Å². The molecule has 1 aliphatic heterocycles. The number of nitrogens with one attached hydrogen (secondary N) is 1. The molecule has 7 heteroatoms. The summed E-state index contributed by atoms with van der Waals surface area (Å²) in [6, 6.07) is 21.2. The number of aromatic nitrogens is 3. The molecular formula is C31H33N5O2. The number of carbonyl (C=O) groups is 2. The van der Waals surface area contributed by atoms with E-state index >= 15 is 0 Å². The van der Waals surface area contributed by atoms with Crippen LogP contribution in [0.15, 0.2) is 79.1 Å². The van der Waals surface area contributed by atoms with Gasteiger partial charge in [0.25, 0.3) is 5.91 Å². The minimum atomic E-state index is -0.765. The van der Waals surface area contributed by atoms with Crippen molar-refractivity contribution >= 4 is 11.8 Å². The molecule has 38 heavy (non-hydrogen) atoms. The smallest absolute Gasteiger partial charge is 0.260 e. The molecule has 1 saturated carbocycles. The van der Waals surface area contributed by atoms with Crippen LogP contribution in [0.25, 0.3) is 11.5 Å². The molecule has 2 aromatic heterocycles. The molecule has 0 spiro atoms. The van der Waals surface area contributed by atoms with E-state index in [9.17, 15) is 9.59 Å². The van der Waals surface area contributed by atoms with Gasteiger partial charge in [-0.05, 0) is 49.6 Å². The Labute approximate surface area is 223 Å². The van der Waals surface area contributed by atoms with Gasteiger partial charge in [0.05, 0.1) is 17.6 Å². The van der Waals surface area contributed by atoms with E-state index < -0.39 is 6.04 Å². The predicted octanol–water partition coefficient (Wildman–Crippen LogP) is 5.51. The highest BCUT2D eigenvalue weighted by Gasteiger charge is 2.40. The predicted molar refractivity (Wildman–Crippen MR) is 146 cm³/mol. The second-order valence-electron chi connectivity index (χ2n) is 10.5. The Morgan fingerprint density at radius 1 is 0.947 bits per heavy atom. The van der Waals surface area contributed by atoms with Gasteiger partial charge in [0.1, 0.15) is 5.56 Å². The fourth-order valence-electron chi connectivity index (χ4n) is 5.76. The summed E-state index contributed by atoms with van der Waals surface area (Å²) in [5.74, 6) is 0.328. The van der Waals surface area contributed by atoms with Gasteiger partial charge in [-0.15, -0.1) is 0 Å². The molecule has 0 saturated heterocycles. The van der Waals surface area contributed by atoms with Crippen molar-refractivity contribution < 1.29 is 9.59 Å². The molecule has 2 aromatic carbocycles. The highest BCUT2D eigenvalue weighted by Crippen LogP contribution is 2.35. The number of aryl methyl sites for hydroxylation is 1. The van der Waals surface area contributed by atoms with E-state index in [0.717, 1.165) is 48.2 Å². The van der Waals surface area contributed by atoms with Crippen LogP contribution in [0, 0.1) is 6.92 Å². The maximum Gasteiger partial charge on any atom is 0.260 e. The molecule has 0 unspecified atom stereocenters. The Hall–Kier alpha value is -4.13. The Morgan fingerprint density at radius 2 is 1.68 bits per heavy atom. The topological polar surface area (TPSA) is 72.2 Å². The number of hydrogen-bond donors (Lipinski definition) is 1. The number of benzene rings is 2. The number of fused-ring (bicyclic) bond motifs is 3. The summed E-state index contributed by atoms with van der Waals surface area (Å²) in [7, 11) is 0. The molecule has 1 atom stereocenters.